The van der Waals surface area contributed by atoms with E-state index in [1.165, 1.54) is 18.2 Å². The maximum atomic E-state index is 13.1. The molecule has 0 radical (unpaired) electrons. The third-order valence-electron chi connectivity index (χ3n) is 2.30. The summed E-state index contributed by atoms with van der Waals surface area (Å²) in [4.78, 5) is 12.0. The molecule has 0 saturated heterocycles. The summed E-state index contributed by atoms with van der Waals surface area (Å²) in [5, 5.41) is 2.59. The summed E-state index contributed by atoms with van der Waals surface area (Å²) < 4.78 is 13.8. The van der Waals surface area contributed by atoms with Crippen molar-refractivity contribution >= 4 is 33.2 Å². The predicted molar refractivity (Wildman–Crippen MR) is 72.9 cm³/mol. The Morgan fingerprint density at radius 3 is 2.61 bits per heavy atom. The van der Waals surface area contributed by atoms with Gasteiger partial charge in [-0.2, -0.15) is 0 Å². The molecule has 0 atom stereocenters. The lowest BCUT2D eigenvalue weighted by Gasteiger charge is -2.07. The second-order valence-corrected chi connectivity index (χ2v) is 4.56. The minimum absolute atomic E-state index is 0.262. The lowest BCUT2D eigenvalue weighted by atomic mass is 10.2. The molecule has 18 heavy (non-hydrogen) atoms. The molecule has 0 unspecified atom stereocenters. The van der Waals surface area contributed by atoms with Crippen LogP contribution in [0.4, 0.5) is 15.8 Å². The van der Waals surface area contributed by atoms with Gasteiger partial charge in [0.2, 0.25) is 0 Å². The first-order chi connectivity index (χ1) is 8.56. The van der Waals surface area contributed by atoms with Gasteiger partial charge in [-0.05, 0) is 46.3 Å². The fourth-order valence-corrected chi connectivity index (χ4v) is 1.99. The average Bonchev–Trinajstić information content (AvgIpc) is 2.27. The van der Waals surface area contributed by atoms with Crippen LogP contribution in [-0.2, 0) is 0 Å². The molecule has 0 aliphatic rings. The van der Waals surface area contributed by atoms with Crippen LogP contribution in [0.5, 0.6) is 0 Å². The Hall–Kier alpha value is -1.88. The van der Waals surface area contributed by atoms with Gasteiger partial charge < -0.3 is 11.1 Å². The van der Waals surface area contributed by atoms with E-state index in [1.807, 2.05) is 0 Å². The molecule has 0 aliphatic carbocycles. The van der Waals surface area contributed by atoms with E-state index in [2.05, 4.69) is 21.2 Å². The van der Waals surface area contributed by atoms with Crippen LogP contribution in [0.15, 0.2) is 46.9 Å². The lowest BCUT2D eigenvalue weighted by Crippen LogP contribution is -2.12. The van der Waals surface area contributed by atoms with Gasteiger partial charge in [0.25, 0.3) is 5.91 Å². The molecule has 2 aromatic carbocycles. The highest BCUT2D eigenvalue weighted by Crippen LogP contribution is 2.20. The number of anilines is 2. The van der Waals surface area contributed by atoms with E-state index in [0.29, 0.717) is 15.7 Å². The molecule has 0 heterocycles. The van der Waals surface area contributed by atoms with Crippen molar-refractivity contribution in [3.8, 4) is 0 Å². The minimum atomic E-state index is -0.488. The Labute approximate surface area is 112 Å². The van der Waals surface area contributed by atoms with Gasteiger partial charge in [0.15, 0.2) is 0 Å². The number of nitrogens with one attached hydrogen (secondary N) is 1. The van der Waals surface area contributed by atoms with E-state index in [9.17, 15) is 9.18 Å². The zero-order chi connectivity index (χ0) is 13.1. The van der Waals surface area contributed by atoms with Crippen LogP contribution in [-0.4, -0.2) is 5.91 Å². The van der Waals surface area contributed by atoms with E-state index < -0.39 is 5.82 Å². The second kappa shape index (κ2) is 5.18. The largest absolute Gasteiger partial charge is 0.399 e. The fourth-order valence-electron chi connectivity index (χ4n) is 1.53. The molecule has 92 valence electrons. The highest BCUT2D eigenvalue weighted by Gasteiger charge is 2.10. The molecular formula is C13H10BrFN2O. The van der Waals surface area contributed by atoms with Crippen molar-refractivity contribution < 1.29 is 9.18 Å². The molecule has 0 spiro atoms. The first-order valence-corrected chi connectivity index (χ1v) is 5.97. The van der Waals surface area contributed by atoms with Crippen molar-refractivity contribution in [3.05, 3.63) is 58.3 Å². The van der Waals surface area contributed by atoms with Crippen LogP contribution in [0, 0.1) is 5.82 Å². The van der Waals surface area contributed by atoms with E-state index >= 15 is 0 Å². The molecule has 2 rings (SSSR count). The smallest absolute Gasteiger partial charge is 0.256 e. The van der Waals surface area contributed by atoms with Gasteiger partial charge >= 0.3 is 0 Å². The monoisotopic (exact) mass is 308 g/mol. The standard InChI is InChI=1S/C13H10BrFN2O/c14-12-4-2-1-3-11(12)13(18)17-10-6-8(15)5-9(16)7-10/h1-7H,16H2,(H,17,18). The highest BCUT2D eigenvalue weighted by molar-refractivity contribution is 9.10. The van der Waals surface area contributed by atoms with Crippen LogP contribution in [0.3, 0.4) is 0 Å². The van der Waals surface area contributed by atoms with Gasteiger partial charge in [0.05, 0.1) is 5.56 Å². The van der Waals surface area contributed by atoms with E-state index in [0.717, 1.165) is 0 Å². The molecule has 0 bridgehead atoms. The van der Waals surface area contributed by atoms with Crippen LogP contribution in [0.2, 0.25) is 0 Å². The van der Waals surface area contributed by atoms with Crippen LogP contribution >= 0.6 is 15.9 Å². The van der Waals surface area contributed by atoms with Crippen LogP contribution < -0.4 is 11.1 Å². The molecule has 0 aromatic heterocycles. The fraction of sp³-hybridized carbons (Fsp3) is 0. The molecule has 0 fully saturated rings. The molecule has 3 nitrogen and oxygen atoms in total. The molecular weight excluding hydrogens is 299 g/mol. The number of rotatable bonds is 2. The van der Waals surface area contributed by atoms with Gasteiger partial charge in [-0.3, -0.25) is 4.79 Å². The number of carbonyl (C=O) groups is 1. The molecule has 0 saturated carbocycles. The van der Waals surface area contributed by atoms with E-state index in [4.69, 9.17) is 5.73 Å². The summed E-state index contributed by atoms with van der Waals surface area (Å²) in [6, 6.07) is 10.9. The highest BCUT2D eigenvalue weighted by atomic mass is 79.9. The Morgan fingerprint density at radius 2 is 1.94 bits per heavy atom. The number of hydrogen-bond acceptors (Lipinski definition) is 2. The number of halogens is 2. The Balaban J connectivity index is 2.24. The van der Waals surface area contributed by atoms with E-state index in [-0.39, 0.29) is 11.6 Å². The van der Waals surface area contributed by atoms with Crippen LogP contribution in [0.25, 0.3) is 0 Å². The summed E-state index contributed by atoms with van der Waals surface area (Å²) in [5.41, 5.74) is 6.56. The number of benzene rings is 2. The topological polar surface area (TPSA) is 55.1 Å². The number of amides is 1. The molecule has 3 N–H and O–H groups in total. The van der Waals surface area contributed by atoms with Gasteiger partial charge in [-0.25, -0.2) is 4.39 Å². The Morgan fingerprint density at radius 1 is 1.22 bits per heavy atom. The van der Waals surface area contributed by atoms with Crippen molar-refractivity contribution in [2.45, 2.75) is 0 Å². The number of nitrogens with two attached hydrogens (primary N) is 1. The number of carbonyl (C=O) groups excluding carboxylic acids is 1. The summed E-state index contributed by atoms with van der Waals surface area (Å²) in [5.74, 6) is -0.815. The first kappa shape index (κ1) is 12.6. The predicted octanol–water partition coefficient (Wildman–Crippen LogP) is 3.42. The number of hydrogen-bond donors (Lipinski definition) is 2. The van der Waals surface area contributed by atoms with Crippen LogP contribution in [0.1, 0.15) is 10.4 Å². The lowest BCUT2D eigenvalue weighted by molar-refractivity contribution is 0.102. The molecule has 5 heteroatoms. The molecule has 1 amide bonds. The maximum Gasteiger partial charge on any atom is 0.256 e. The van der Waals surface area contributed by atoms with E-state index in [1.54, 1.807) is 24.3 Å². The van der Waals surface area contributed by atoms with Gasteiger partial charge in [0, 0.05) is 15.8 Å². The Kier molecular flexibility index (Phi) is 3.62. The summed E-state index contributed by atoms with van der Waals surface area (Å²) in [6.45, 7) is 0. The zero-order valence-electron chi connectivity index (χ0n) is 9.28. The third kappa shape index (κ3) is 2.87. The molecule has 0 aliphatic heterocycles. The summed E-state index contributed by atoms with van der Waals surface area (Å²) in [7, 11) is 0. The minimum Gasteiger partial charge on any atom is -0.399 e. The van der Waals surface area contributed by atoms with Crippen molar-refractivity contribution in [2.75, 3.05) is 11.1 Å². The molecule has 2 aromatic rings. The second-order valence-electron chi connectivity index (χ2n) is 3.71. The van der Waals surface area contributed by atoms with Gasteiger partial charge in [0.1, 0.15) is 5.82 Å². The Bertz CT molecular complexity index is 581. The quantitative estimate of drug-likeness (QED) is 0.835. The van der Waals surface area contributed by atoms with Crippen molar-refractivity contribution in [3.63, 3.8) is 0 Å². The summed E-state index contributed by atoms with van der Waals surface area (Å²) in [6.07, 6.45) is 0. The SMILES string of the molecule is Nc1cc(F)cc(NC(=O)c2ccccc2Br)c1. The van der Waals surface area contributed by atoms with Crippen molar-refractivity contribution in [1.82, 2.24) is 0 Å². The van der Waals surface area contributed by atoms with Crippen molar-refractivity contribution in [1.29, 1.82) is 0 Å². The van der Waals surface area contributed by atoms with Gasteiger partial charge in [-0.1, -0.05) is 12.1 Å². The van der Waals surface area contributed by atoms with Crippen molar-refractivity contribution in [2.24, 2.45) is 0 Å². The zero-order valence-corrected chi connectivity index (χ0v) is 10.9. The summed E-state index contributed by atoms with van der Waals surface area (Å²) >= 11 is 3.28. The first-order valence-electron chi connectivity index (χ1n) is 5.18. The maximum absolute atomic E-state index is 13.1. The number of nitrogen functional groups attached to an aromatic ring is 1. The normalized spacial score (nSPS) is 10.1. The average molecular weight is 309 g/mol. The third-order valence-corrected chi connectivity index (χ3v) is 2.99. The van der Waals surface area contributed by atoms with Gasteiger partial charge in [-0.15, -0.1) is 0 Å².